The second kappa shape index (κ2) is 5.95. The Labute approximate surface area is 124 Å². The Bertz CT molecular complexity index is 482. The van der Waals surface area contributed by atoms with E-state index in [1.54, 1.807) is 16.2 Å². The molecule has 1 aliphatic rings. The van der Waals surface area contributed by atoms with Gasteiger partial charge in [-0.1, -0.05) is 33.8 Å². The van der Waals surface area contributed by atoms with Crippen molar-refractivity contribution in [1.82, 2.24) is 10.2 Å². The average molecular weight is 294 g/mol. The molecule has 110 valence electrons. The highest BCUT2D eigenvalue weighted by Gasteiger charge is 2.42. The normalized spacial score (nSPS) is 21.5. The lowest BCUT2D eigenvalue weighted by Gasteiger charge is -2.43. The molecule has 0 spiro atoms. The predicted octanol–water partition coefficient (Wildman–Crippen LogP) is 2.43. The first-order valence-corrected chi connectivity index (χ1v) is 7.93. The zero-order valence-electron chi connectivity index (χ0n) is 12.4. The Morgan fingerprint density at radius 3 is 2.50 bits per heavy atom. The van der Waals surface area contributed by atoms with Gasteiger partial charge in [0, 0.05) is 4.88 Å². The van der Waals surface area contributed by atoms with Gasteiger partial charge in [0.25, 0.3) is 0 Å². The van der Waals surface area contributed by atoms with Gasteiger partial charge in [0.1, 0.15) is 6.04 Å². The predicted molar refractivity (Wildman–Crippen MR) is 80.4 cm³/mol. The van der Waals surface area contributed by atoms with E-state index in [4.69, 9.17) is 0 Å². The Morgan fingerprint density at radius 2 is 2.00 bits per heavy atom. The number of piperazine rings is 1. The summed E-state index contributed by atoms with van der Waals surface area (Å²) < 4.78 is 0. The maximum absolute atomic E-state index is 12.4. The molecule has 4 nitrogen and oxygen atoms in total. The summed E-state index contributed by atoms with van der Waals surface area (Å²) in [5, 5.41) is 4.72. The highest BCUT2D eigenvalue weighted by Crippen LogP contribution is 2.35. The molecule has 0 aromatic carbocycles. The van der Waals surface area contributed by atoms with Crippen LogP contribution in [0.5, 0.6) is 0 Å². The van der Waals surface area contributed by atoms with E-state index in [1.165, 1.54) is 0 Å². The summed E-state index contributed by atoms with van der Waals surface area (Å²) in [4.78, 5) is 27.6. The number of thiophene rings is 1. The summed E-state index contributed by atoms with van der Waals surface area (Å²) in [6, 6.07) is 3.63. The highest BCUT2D eigenvalue weighted by molar-refractivity contribution is 7.10. The molecule has 2 amide bonds. The first-order valence-electron chi connectivity index (χ1n) is 7.05. The summed E-state index contributed by atoms with van der Waals surface area (Å²) in [5.74, 6) is 0.336. The van der Waals surface area contributed by atoms with Crippen molar-refractivity contribution in [2.24, 2.45) is 11.8 Å². The third kappa shape index (κ3) is 2.73. The molecule has 2 rings (SSSR count). The van der Waals surface area contributed by atoms with Crippen LogP contribution >= 0.6 is 11.3 Å². The van der Waals surface area contributed by atoms with Crippen molar-refractivity contribution in [3.05, 3.63) is 22.4 Å². The molecule has 1 saturated heterocycles. The third-order valence-electron chi connectivity index (χ3n) is 3.67. The second-order valence-corrected chi connectivity index (χ2v) is 6.89. The lowest BCUT2D eigenvalue weighted by molar-refractivity contribution is -0.151. The molecule has 20 heavy (non-hydrogen) atoms. The van der Waals surface area contributed by atoms with Gasteiger partial charge in [-0.3, -0.25) is 9.59 Å². The molecular formula is C15H22N2O2S. The summed E-state index contributed by atoms with van der Waals surface area (Å²) >= 11 is 1.64. The van der Waals surface area contributed by atoms with Crippen molar-refractivity contribution in [3.8, 4) is 0 Å². The maximum atomic E-state index is 12.4. The van der Waals surface area contributed by atoms with Gasteiger partial charge in [-0.25, -0.2) is 0 Å². The lowest BCUT2D eigenvalue weighted by atomic mass is 9.92. The lowest BCUT2D eigenvalue weighted by Crippen LogP contribution is -2.61. The number of carbonyl (C=O) groups is 2. The van der Waals surface area contributed by atoms with Gasteiger partial charge >= 0.3 is 0 Å². The van der Waals surface area contributed by atoms with Crippen molar-refractivity contribution in [1.29, 1.82) is 0 Å². The zero-order valence-corrected chi connectivity index (χ0v) is 13.2. The fraction of sp³-hybridized carbons (Fsp3) is 0.600. The molecule has 0 saturated carbocycles. The SMILES string of the molecule is CC(C)C1C(=O)NCC(=O)N1C(c1cccs1)C(C)C. The Balaban J connectivity index is 2.42. The van der Waals surface area contributed by atoms with Gasteiger partial charge in [-0.15, -0.1) is 11.3 Å². The number of hydrogen-bond donors (Lipinski definition) is 1. The maximum Gasteiger partial charge on any atom is 0.243 e. The number of rotatable bonds is 4. The first-order chi connectivity index (χ1) is 9.43. The minimum atomic E-state index is -0.384. The second-order valence-electron chi connectivity index (χ2n) is 5.91. The number of nitrogens with one attached hydrogen (secondary N) is 1. The molecule has 1 aromatic heterocycles. The molecule has 5 heteroatoms. The van der Waals surface area contributed by atoms with Crippen molar-refractivity contribution >= 4 is 23.2 Å². The van der Waals surface area contributed by atoms with Crippen LogP contribution in [0.1, 0.15) is 38.6 Å². The van der Waals surface area contributed by atoms with E-state index < -0.39 is 0 Å². The summed E-state index contributed by atoms with van der Waals surface area (Å²) in [7, 11) is 0. The smallest absolute Gasteiger partial charge is 0.243 e. The van der Waals surface area contributed by atoms with Crippen LogP contribution in [-0.2, 0) is 9.59 Å². The molecule has 2 unspecified atom stereocenters. The Hall–Kier alpha value is -1.36. The first kappa shape index (κ1) is 15.0. The molecular weight excluding hydrogens is 272 g/mol. The van der Waals surface area contributed by atoms with E-state index in [1.807, 2.05) is 31.4 Å². The van der Waals surface area contributed by atoms with Crippen LogP contribution in [-0.4, -0.2) is 29.3 Å². The van der Waals surface area contributed by atoms with Gasteiger partial charge < -0.3 is 10.2 Å². The number of nitrogens with zero attached hydrogens (tertiary/aromatic N) is 1. The zero-order chi connectivity index (χ0) is 14.9. The molecule has 0 radical (unpaired) electrons. The molecule has 1 aromatic rings. The molecule has 2 atom stereocenters. The van der Waals surface area contributed by atoms with Crippen LogP contribution in [0.3, 0.4) is 0 Å². The number of amides is 2. The van der Waals surface area contributed by atoms with Crippen LogP contribution in [0.2, 0.25) is 0 Å². The number of hydrogen-bond acceptors (Lipinski definition) is 3. The minimum absolute atomic E-state index is 0.00963. The van der Waals surface area contributed by atoms with Crippen LogP contribution in [0, 0.1) is 11.8 Å². The van der Waals surface area contributed by atoms with Gasteiger partial charge in [-0.2, -0.15) is 0 Å². The highest BCUT2D eigenvalue weighted by atomic mass is 32.1. The number of carbonyl (C=O) groups excluding carboxylic acids is 2. The molecule has 1 aliphatic heterocycles. The molecule has 1 N–H and O–H groups in total. The molecule has 0 bridgehead atoms. The minimum Gasteiger partial charge on any atom is -0.345 e. The Kier molecular flexibility index (Phi) is 4.48. The standard InChI is InChI=1S/C15H22N2O2S/c1-9(2)13(11-6-5-7-20-11)17-12(18)8-16-15(19)14(17)10(3)4/h5-7,9-10,13-14H,8H2,1-4H3,(H,16,19). The van der Waals surface area contributed by atoms with E-state index in [0.717, 1.165) is 4.88 Å². The average Bonchev–Trinajstić information content (AvgIpc) is 2.86. The van der Waals surface area contributed by atoms with E-state index in [9.17, 15) is 9.59 Å². The van der Waals surface area contributed by atoms with Crippen molar-refractivity contribution in [3.63, 3.8) is 0 Å². The third-order valence-corrected chi connectivity index (χ3v) is 4.61. The van der Waals surface area contributed by atoms with Gasteiger partial charge in [0.05, 0.1) is 12.6 Å². The summed E-state index contributed by atoms with van der Waals surface area (Å²) in [5.41, 5.74) is 0. The van der Waals surface area contributed by atoms with E-state index >= 15 is 0 Å². The van der Waals surface area contributed by atoms with E-state index in [-0.39, 0.29) is 42.3 Å². The van der Waals surface area contributed by atoms with Gasteiger partial charge in [0.15, 0.2) is 0 Å². The van der Waals surface area contributed by atoms with Crippen LogP contribution < -0.4 is 5.32 Å². The topological polar surface area (TPSA) is 49.4 Å². The molecule has 0 aliphatic carbocycles. The molecule has 1 fully saturated rings. The van der Waals surface area contributed by atoms with E-state index in [2.05, 4.69) is 19.2 Å². The summed E-state index contributed by atoms with van der Waals surface area (Å²) in [6.45, 7) is 8.28. The monoisotopic (exact) mass is 294 g/mol. The van der Waals surface area contributed by atoms with Crippen molar-refractivity contribution in [2.45, 2.75) is 39.8 Å². The quantitative estimate of drug-likeness (QED) is 0.927. The van der Waals surface area contributed by atoms with E-state index in [0.29, 0.717) is 0 Å². The van der Waals surface area contributed by atoms with Gasteiger partial charge in [-0.05, 0) is 23.3 Å². The fourth-order valence-electron chi connectivity index (χ4n) is 2.84. The largest absolute Gasteiger partial charge is 0.345 e. The molecule has 2 heterocycles. The van der Waals surface area contributed by atoms with Crippen LogP contribution in [0.15, 0.2) is 17.5 Å². The van der Waals surface area contributed by atoms with Crippen molar-refractivity contribution in [2.75, 3.05) is 6.54 Å². The van der Waals surface area contributed by atoms with Crippen LogP contribution in [0.4, 0.5) is 0 Å². The van der Waals surface area contributed by atoms with Gasteiger partial charge in [0.2, 0.25) is 11.8 Å². The van der Waals surface area contributed by atoms with Crippen LogP contribution in [0.25, 0.3) is 0 Å². The Morgan fingerprint density at radius 1 is 1.30 bits per heavy atom. The fourth-order valence-corrected chi connectivity index (χ4v) is 3.84. The summed E-state index contributed by atoms with van der Waals surface area (Å²) in [6.07, 6.45) is 0. The van der Waals surface area contributed by atoms with Crippen molar-refractivity contribution < 1.29 is 9.59 Å².